The maximum absolute atomic E-state index is 13.6. The number of likely N-dealkylation sites (tertiary alicyclic amines) is 2. The highest BCUT2D eigenvalue weighted by Crippen LogP contribution is 2.56. The van der Waals surface area contributed by atoms with E-state index in [0.29, 0.717) is 5.75 Å². The van der Waals surface area contributed by atoms with Gasteiger partial charge in [0, 0.05) is 24.4 Å². The standard InChI is InChI=1S/C27H32N2O3/c1-19(30)28-22(16-20-10-5-3-6-11-20)23-17-27(2)24(28)14-9-15-25(27)29(23)26(31)18-32-21-12-7-4-8-13-21/h3-8,10-13,22-25H,9,14-18H2,1-2H3/t22-,23-,24+,25-,27+/m0/s1. The van der Waals surface area contributed by atoms with Crippen LogP contribution in [0.1, 0.15) is 45.1 Å². The average molecular weight is 433 g/mol. The van der Waals surface area contributed by atoms with Crippen LogP contribution in [-0.2, 0) is 16.0 Å². The number of para-hydroxylation sites is 1. The fourth-order valence-electron chi connectivity index (χ4n) is 6.73. The molecule has 2 bridgehead atoms. The van der Waals surface area contributed by atoms with Crippen LogP contribution < -0.4 is 4.74 Å². The summed E-state index contributed by atoms with van der Waals surface area (Å²) < 4.78 is 5.86. The first-order chi connectivity index (χ1) is 15.5. The molecule has 2 aromatic carbocycles. The van der Waals surface area contributed by atoms with Crippen LogP contribution in [0.4, 0.5) is 0 Å². The lowest BCUT2D eigenvalue weighted by Crippen LogP contribution is -2.62. The van der Waals surface area contributed by atoms with Gasteiger partial charge in [-0.3, -0.25) is 9.59 Å². The Bertz CT molecular complexity index is 979. The molecule has 0 unspecified atom stereocenters. The molecule has 32 heavy (non-hydrogen) atoms. The Kier molecular flexibility index (Phi) is 5.44. The number of benzene rings is 2. The first-order valence-corrected chi connectivity index (χ1v) is 11.8. The van der Waals surface area contributed by atoms with E-state index in [0.717, 1.165) is 32.1 Å². The van der Waals surface area contributed by atoms with E-state index >= 15 is 0 Å². The molecule has 2 aromatic rings. The molecule has 0 spiro atoms. The highest BCUT2D eigenvalue weighted by molar-refractivity contribution is 5.80. The molecule has 1 saturated carbocycles. The Morgan fingerprint density at radius 3 is 2.25 bits per heavy atom. The number of nitrogens with zero attached hydrogens (tertiary/aromatic N) is 2. The molecule has 1 aliphatic carbocycles. The molecule has 3 fully saturated rings. The number of hydrogen-bond donors (Lipinski definition) is 0. The van der Waals surface area contributed by atoms with Crippen molar-refractivity contribution in [3.63, 3.8) is 0 Å². The Labute approximate surface area is 190 Å². The van der Waals surface area contributed by atoms with E-state index in [1.54, 1.807) is 6.92 Å². The number of carbonyl (C=O) groups excluding carboxylic acids is 2. The fraction of sp³-hybridized carbons (Fsp3) is 0.481. The fourth-order valence-corrected chi connectivity index (χ4v) is 6.73. The van der Waals surface area contributed by atoms with Crippen molar-refractivity contribution in [2.75, 3.05) is 6.61 Å². The molecule has 5 atom stereocenters. The third-order valence-electron chi connectivity index (χ3n) is 8.00. The van der Waals surface area contributed by atoms with Crippen molar-refractivity contribution in [2.24, 2.45) is 5.41 Å². The maximum Gasteiger partial charge on any atom is 0.261 e. The number of rotatable bonds is 5. The normalized spacial score (nSPS) is 30.8. The quantitative estimate of drug-likeness (QED) is 0.716. The summed E-state index contributed by atoms with van der Waals surface area (Å²) >= 11 is 0. The van der Waals surface area contributed by atoms with Gasteiger partial charge in [0.15, 0.2) is 6.61 Å². The van der Waals surface area contributed by atoms with Gasteiger partial charge in [-0.1, -0.05) is 55.5 Å². The highest BCUT2D eigenvalue weighted by atomic mass is 16.5. The van der Waals surface area contributed by atoms with E-state index in [1.807, 2.05) is 48.5 Å². The van der Waals surface area contributed by atoms with E-state index in [9.17, 15) is 9.59 Å². The van der Waals surface area contributed by atoms with E-state index < -0.39 is 0 Å². The van der Waals surface area contributed by atoms with E-state index in [4.69, 9.17) is 4.74 Å². The van der Waals surface area contributed by atoms with Crippen LogP contribution in [0.3, 0.4) is 0 Å². The van der Waals surface area contributed by atoms with Crippen molar-refractivity contribution in [2.45, 2.75) is 70.1 Å². The van der Waals surface area contributed by atoms with Gasteiger partial charge in [-0.25, -0.2) is 0 Å². The van der Waals surface area contributed by atoms with Crippen LogP contribution in [0.15, 0.2) is 60.7 Å². The minimum atomic E-state index is -0.0514. The smallest absolute Gasteiger partial charge is 0.261 e. The predicted octanol–water partition coefficient (Wildman–Crippen LogP) is 4.07. The molecule has 5 rings (SSSR count). The van der Waals surface area contributed by atoms with Crippen molar-refractivity contribution in [3.05, 3.63) is 66.2 Å². The Morgan fingerprint density at radius 1 is 0.969 bits per heavy atom. The number of piperidine rings is 1. The first-order valence-electron chi connectivity index (χ1n) is 11.8. The van der Waals surface area contributed by atoms with E-state index in [-0.39, 0.29) is 48.0 Å². The van der Waals surface area contributed by atoms with Crippen molar-refractivity contribution in [1.29, 1.82) is 0 Å². The van der Waals surface area contributed by atoms with Gasteiger partial charge in [0.25, 0.3) is 5.91 Å². The third-order valence-corrected chi connectivity index (χ3v) is 8.00. The molecule has 5 heteroatoms. The van der Waals surface area contributed by atoms with Crippen LogP contribution in [0.5, 0.6) is 5.75 Å². The molecule has 2 saturated heterocycles. The second kappa shape index (κ2) is 8.27. The number of carbonyl (C=O) groups is 2. The lowest BCUT2D eigenvalue weighted by Gasteiger charge is -2.52. The van der Waals surface area contributed by atoms with Crippen LogP contribution in [0.25, 0.3) is 0 Å². The summed E-state index contributed by atoms with van der Waals surface area (Å²) in [5, 5.41) is 0. The molecular formula is C27H32N2O3. The number of hydrogen-bond acceptors (Lipinski definition) is 3. The molecule has 0 aromatic heterocycles. The van der Waals surface area contributed by atoms with Gasteiger partial charge in [-0.2, -0.15) is 0 Å². The van der Waals surface area contributed by atoms with Crippen LogP contribution >= 0.6 is 0 Å². The summed E-state index contributed by atoms with van der Waals surface area (Å²) in [7, 11) is 0. The molecule has 3 aliphatic rings. The lowest BCUT2D eigenvalue weighted by atomic mass is 9.64. The summed E-state index contributed by atoms with van der Waals surface area (Å²) in [4.78, 5) is 30.8. The SMILES string of the molecule is CC(=O)N1[C@@H](Cc2ccccc2)[C@@H]2C[C@@]3(C)[C@H](CCC[C@@H]13)N2C(=O)COc1ccccc1. The monoisotopic (exact) mass is 432 g/mol. The summed E-state index contributed by atoms with van der Waals surface area (Å²) in [6.45, 7) is 4.03. The Balaban J connectivity index is 1.47. The topological polar surface area (TPSA) is 49.9 Å². The maximum atomic E-state index is 13.6. The Morgan fingerprint density at radius 2 is 1.59 bits per heavy atom. The van der Waals surface area contributed by atoms with Crippen LogP contribution in [0.2, 0.25) is 0 Å². The molecule has 2 heterocycles. The molecule has 2 aliphatic heterocycles. The second-order valence-electron chi connectivity index (χ2n) is 9.83. The number of fused-ring (bicyclic) bond motifs is 1. The summed E-state index contributed by atoms with van der Waals surface area (Å²) in [5.74, 6) is 0.876. The minimum absolute atomic E-state index is 0.00301. The van der Waals surface area contributed by atoms with Gasteiger partial charge in [-0.05, 0) is 49.8 Å². The van der Waals surface area contributed by atoms with Crippen molar-refractivity contribution in [1.82, 2.24) is 9.80 Å². The second-order valence-corrected chi connectivity index (χ2v) is 9.83. The summed E-state index contributed by atoms with van der Waals surface area (Å²) in [5.41, 5.74) is 1.16. The largest absolute Gasteiger partial charge is 0.484 e. The first kappa shape index (κ1) is 21.0. The van der Waals surface area contributed by atoms with Gasteiger partial charge in [0.2, 0.25) is 5.91 Å². The zero-order valence-electron chi connectivity index (χ0n) is 18.9. The zero-order chi connectivity index (χ0) is 22.3. The number of ether oxygens (including phenoxy) is 1. The van der Waals surface area contributed by atoms with E-state index in [1.165, 1.54) is 5.56 Å². The van der Waals surface area contributed by atoms with Gasteiger partial charge in [-0.15, -0.1) is 0 Å². The molecule has 0 radical (unpaired) electrons. The van der Waals surface area contributed by atoms with Crippen molar-refractivity contribution >= 4 is 11.8 Å². The minimum Gasteiger partial charge on any atom is -0.484 e. The van der Waals surface area contributed by atoms with Gasteiger partial charge < -0.3 is 14.5 Å². The molecule has 0 N–H and O–H groups in total. The van der Waals surface area contributed by atoms with Gasteiger partial charge in [0.05, 0.1) is 12.1 Å². The average Bonchev–Trinajstić information content (AvgIpc) is 3.11. The Hall–Kier alpha value is -2.82. The van der Waals surface area contributed by atoms with Crippen LogP contribution in [0, 0.1) is 5.41 Å². The van der Waals surface area contributed by atoms with Gasteiger partial charge >= 0.3 is 0 Å². The molecule has 5 nitrogen and oxygen atoms in total. The lowest BCUT2D eigenvalue weighted by molar-refractivity contribution is -0.143. The number of amides is 2. The molecule has 168 valence electrons. The zero-order valence-corrected chi connectivity index (χ0v) is 18.9. The van der Waals surface area contributed by atoms with Crippen LogP contribution in [-0.4, -0.2) is 52.4 Å². The predicted molar refractivity (Wildman–Crippen MR) is 123 cm³/mol. The highest BCUT2D eigenvalue weighted by Gasteiger charge is 2.64. The molecular weight excluding hydrogens is 400 g/mol. The van der Waals surface area contributed by atoms with Gasteiger partial charge in [0.1, 0.15) is 5.75 Å². The van der Waals surface area contributed by atoms with Crippen molar-refractivity contribution in [3.8, 4) is 5.75 Å². The van der Waals surface area contributed by atoms with E-state index in [2.05, 4.69) is 28.9 Å². The summed E-state index contributed by atoms with van der Waals surface area (Å²) in [6.07, 6.45) is 4.80. The third kappa shape index (κ3) is 3.48. The van der Waals surface area contributed by atoms with Crippen molar-refractivity contribution < 1.29 is 14.3 Å². The summed E-state index contributed by atoms with van der Waals surface area (Å²) in [6, 6.07) is 20.3. The molecule has 2 amide bonds.